The Balaban J connectivity index is 2.07. The van der Waals surface area contributed by atoms with Gasteiger partial charge in [0.05, 0.1) is 6.10 Å². The zero-order valence-corrected chi connectivity index (χ0v) is 11.0. The molecule has 1 N–H and O–H groups in total. The van der Waals surface area contributed by atoms with Gasteiger partial charge in [-0.1, -0.05) is 33.8 Å². The Morgan fingerprint density at radius 1 is 1.31 bits per heavy atom. The van der Waals surface area contributed by atoms with Gasteiger partial charge in [0.25, 0.3) is 0 Å². The predicted octanol–water partition coefficient (Wildman–Crippen LogP) is 3.39. The minimum atomic E-state index is -0.157. The maximum Gasteiger partial charge on any atom is 0.0758 e. The smallest absolute Gasteiger partial charge is 0.0758 e. The van der Waals surface area contributed by atoms with E-state index in [4.69, 9.17) is 0 Å². The van der Waals surface area contributed by atoms with Gasteiger partial charge in [0.2, 0.25) is 0 Å². The second-order valence-corrected chi connectivity index (χ2v) is 7.08. The first-order valence-electron chi connectivity index (χ1n) is 6.78. The van der Waals surface area contributed by atoms with E-state index in [1.165, 1.54) is 18.4 Å². The van der Waals surface area contributed by atoms with Crippen LogP contribution in [0.3, 0.4) is 0 Å². The molecule has 2 fully saturated rings. The minimum absolute atomic E-state index is 0.157. The normalized spacial score (nSPS) is 53.7. The van der Waals surface area contributed by atoms with Crippen molar-refractivity contribution < 1.29 is 5.11 Å². The van der Waals surface area contributed by atoms with Crippen molar-refractivity contribution >= 4 is 0 Å². The van der Waals surface area contributed by atoms with Crippen molar-refractivity contribution in [3.05, 3.63) is 11.6 Å². The number of hydrogen-bond donors (Lipinski definition) is 1. The molecule has 3 aliphatic carbocycles. The van der Waals surface area contributed by atoms with Crippen LogP contribution in [0.1, 0.15) is 47.0 Å². The summed E-state index contributed by atoms with van der Waals surface area (Å²) in [5.74, 6) is 2.30. The second kappa shape index (κ2) is 2.93. The molecule has 90 valence electrons. The lowest BCUT2D eigenvalue weighted by Crippen LogP contribution is -2.41. The van der Waals surface area contributed by atoms with Crippen LogP contribution in [0.2, 0.25) is 0 Å². The molecule has 16 heavy (non-hydrogen) atoms. The summed E-state index contributed by atoms with van der Waals surface area (Å²) in [6.45, 7) is 9.59. The third-order valence-corrected chi connectivity index (χ3v) is 6.14. The Morgan fingerprint density at radius 3 is 2.69 bits per heavy atom. The quantitative estimate of drug-likeness (QED) is 0.620. The van der Waals surface area contributed by atoms with Crippen molar-refractivity contribution in [2.75, 3.05) is 0 Å². The lowest BCUT2D eigenvalue weighted by molar-refractivity contribution is 0.0729. The fourth-order valence-electron chi connectivity index (χ4n) is 5.02. The molecule has 5 atom stereocenters. The molecule has 2 saturated carbocycles. The molecule has 0 bridgehead atoms. The van der Waals surface area contributed by atoms with E-state index in [9.17, 15) is 5.11 Å². The highest BCUT2D eigenvalue weighted by molar-refractivity contribution is 5.34. The van der Waals surface area contributed by atoms with Gasteiger partial charge in [0.1, 0.15) is 0 Å². The van der Waals surface area contributed by atoms with E-state index < -0.39 is 0 Å². The first kappa shape index (κ1) is 10.8. The molecule has 0 heterocycles. The molecule has 0 spiro atoms. The van der Waals surface area contributed by atoms with Gasteiger partial charge < -0.3 is 5.11 Å². The van der Waals surface area contributed by atoms with E-state index in [2.05, 4.69) is 33.8 Å². The Hall–Kier alpha value is -0.300. The zero-order chi connectivity index (χ0) is 11.7. The van der Waals surface area contributed by atoms with Crippen molar-refractivity contribution in [2.24, 2.45) is 28.6 Å². The minimum Gasteiger partial charge on any atom is -0.389 e. The molecule has 1 heteroatoms. The first-order chi connectivity index (χ1) is 7.40. The third kappa shape index (κ3) is 1.06. The Labute approximate surface area is 98.9 Å². The molecule has 0 aromatic heterocycles. The van der Waals surface area contributed by atoms with Crippen molar-refractivity contribution in [3.8, 4) is 0 Å². The maximum absolute atomic E-state index is 10.3. The number of aliphatic hydroxyl groups is 1. The largest absolute Gasteiger partial charge is 0.389 e. The molecule has 0 amide bonds. The van der Waals surface area contributed by atoms with E-state index in [-0.39, 0.29) is 11.5 Å². The lowest BCUT2D eigenvalue weighted by Gasteiger charge is -2.46. The Kier molecular flexibility index (Phi) is 1.98. The summed E-state index contributed by atoms with van der Waals surface area (Å²) in [6.07, 6.45) is 5.66. The number of hydrogen-bond acceptors (Lipinski definition) is 1. The fraction of sp³-hybridized carbons (Fsp3) is 0.867. The van der Waals surface area contributed by atoms with Gasteiger partial charge in [-0.15, -0.1) is 0 Å². The van der Waals surface area contributed by atoms with Crippen LogP contribution in [0.25, 0.3) is 0 Å². The highest BCUT2D eigenvalue weighted by atomic mass is 16.3. The molecule has 3 rings (SSSR count). The summed E-state index contributed by atoms with van der Waals surface area (Å²) in [5, 5.41) is 10.3. The van der Waals surface area contributed by atoms with Crippen molar-refractivity contribution in [2.45, 2.75) is 53.1 Å². The predicted molar refractivity (Wildman–Crippen MR) is 66.0 cm³/mol. The van der Waals surface area contributed by atoms with Gasteiger partial charge in [0.15, 0.2) is 0 Å². The van der Waals surface area contributed by atoms with Gasteiger partial charge in [-0.25, -0.2) is 0 Å². The summed E-state index contributed by atoms with van der Waals surface area (Å²) >= 11 is 0. The van der Waals surface area contributed by atoms with E-state index in [0.717, 1.165) is 24.2 Å². The monoisotopic (exact) mass is 220 g/mol. The molecule has 0 saturated heterocycles. The van der Waals surface area contributed by atoms with Gasteiger partial charge >= 0.3 is 0 Å². The number of aliphatic hydroxyl groups excluding tert-OH is 1. The van der Waals surface area contributed by atoms with Gasteiger partial charge in [-0.2, -0.15) is 0 Å². The lowest BCUT2D eigenvalue weighted by atomic mass is 9.59. The Morgan fingerprint density at radius 2 is 2.00 bits per heavy atom. The highest BCUT2D eigenvalue weighted by Gasteiger charge is 2.70. The molecular weight excluding hydrogens is 196 g/mol. The SMILES string of the molecule is C[C@H]1CCC=C2[C@@H](O)C[C@H]3[C@H](C3(C)C)[C@@]21C. The summed E-state index contributed by atoms with van der Waals surface area (Å²) in [7, 11) is 0. The van der Waals surface area contributed by atoms with Gasteiger partial charge in [-0.3, -0.25) is 0 Å². The van der Waals surface area contributed by atoms with E-state index in [1.54, 1.807) is 0 Å². The average molecular weight is 220 g/mol. The van der Waals surface area contributed by atoms with Crippen LogP contribution < -0.4 is 0 Å². The van der Waals surface area contributed by atoms with Crippen LogP contribution in [0.5, 0.6) is 0 Å². The molecular formula is C15H24O. The average Bonchev–Trinajstić information content (AvgIpc) is 2.73. The van der Waals surface area contributed by atoms with Crippen LogP contribution >= 0.6 is 0 Å². The van der Waals surface area contributed by atoms with Crippen molar-refractivity contribution in [1.29, 1.82) is 0 Å². The van der Waals surface area contributed by atoms with Crippen LogP contribution in [-0.4, -0.2) is 11.2 Å². The van der Waals surface area contributed by atoms with E-state index >= 15 is 0 Å². The van der Waals surface area contributed by atoms with Gasteiger partial charge in [0, 0.05) is 0 Å². The molecule has 0 unspecified atom stereocenters. The third-order valence-electron chi connectivity index (χ3n) is 6.14. The molecule has 1 nitrogen and oxygen atoms in total. The van der Waals surface area contributed by atoms with Crippen LogP contribution in [0.15, 0.2) is 11.6 Å². The summed E-state index contributed by atoms with van der Waals surface area (Å²) in [4.78, 5) is 0. The summed E-state index contributed by atoms with van der Waals surface area (Å²) < 4.78 is 0. The van der Waals surface area contributed by atoms with Crippen LogP contribution in [0, 0.1) is 28.6 Å². The number of allylic oxidation sites excluding steroid dienone is 1. The molecule has 0 aliphatic heterocycles. The first-order valence-corrected chi connectivity index (χ1v) is 6.78. The number of fused-ring (bicyclic) bond motifs is 3. The van der Waals surface area contributed by atoms with E-state index in [1.807, 2.05) is 0 Å². The van der Waals surface area contributed by atoms with Crippen LogP contribution in [0.4, 0.5) is 0 Å². The van der Waals surface area contributed by atoms with E-state index in [0.29, 0.717) is 5.41 Å². The molecule has 0 aromatic carbocycles. The fourth-order valence-corrected chi connectivity index (χ4v) is 5.02. The van der Waals surface area contributed by atoms with Crippen molar-refractivity contribution in [1.82, 2.24) is 0 Å². The van der Waals surface area contributed by atoms with Gasteiger partial charge in [-0.05, 0) is 53.4 Å². The topological polar surface area (TPSA) is 20.2 Å². The molecule has 3 aliphatic rings. The molecule has 0 radical (unpaired) electrons. The molecule has 0 aromatic rings. The standard InChI is InChI=1S/C15H24O/c1-9-6-5-7-10-12(16)8-11-13(14(11,2)3)15(9,10)4/h7,9,11-13,16H,5-6,8H2,1-4H3/t9-,11-,12-,13+,15+/m0/s1. The van der Waals surface area contributed by atoms with Crippen LogP contribution in [-0.2, 0) is 0 Å². The van der Waals surface area contributed by atoms with Crippen molar-refractivity contribution in [3.63, 3.8) is 0 Å². The Bertz CT molecular complexity index is 354. The second-order valence-electron chi connectivity index (χ2n) is 7.08. The summed E-state index contributed by atoms with van der Waals surface area (Å²) in [5.41, 5.74) is 2.11. The maximum atomic E-state index is 10.3. The summed E-state index contributed by atoms with van der Waals surface area (Å²) in [6, 6.07) is 0. The zero-order valence-electron chi connectivity index (χ0n) is 11.0. The highest BCUT2D eigenvalue weighted by Crippen LogP contribution is 2.74. The number of rotatable bonds is 0.